The van der Waals surface area contributed by atoms with Crippen LogP contribution in [0, 0.1) is 5.92 Å². The second kappa shape index (κ2) is 9.68. The highest BCUT2D eigenvalue weighted by molar-refractivity contribution is 9.11. The highest BCUT2D eigenvalue weighted by Crippen LogP contribution is 2.39. The van der Waals surface area contributed by atoms with E-state index < -0.39 is 8.32 Å². The standard InChI is InChI=1S/C24H35BrO2Si/c1-18(25)22(19-10-8-7-9-11-19)16-17-23(26)20-12-14-21(15-13-20)27-28(5,6)24(2,3)4/h7-11,16-17,20-21H,12-15H2,1-6H3/b17-16+,22-18+. The summed E-state index contributed by atoms with van der Waals surface area (Å²) in [7, 11) is -1.73. The molecule has 1 aromatic rings. The average molecular weight is 464 g/mol. The van der Waals surface area contributed by atoms with E-state index in [0.29, 0.717) is 6.10 Å². The fourth-order valence-corrected chi connectivity index (χ4v) is 5.17. The summed E-state index contributed by atoms with van der Waals surface area (Å²) in [5.74, 6) is 0.371. The Labute approximate surface area is 180 Å². The number of benzene rings is 1. The van der Waals surface area contributed by atoms with E-state index in [0.717, 1.165) is 41.3 Å². The van der Waals surface area contributed by atoms with Crippen molar-refractivity contribution in [3.8, 4) is 0 Å². The van der Waals surface area contributed by atoms with Crippen LogP contribution in [-0.2, 0) is 9.22 Å². The van der Waals surface area contributed by atoms with Crippen molar-refractivity contribution in [1.82, 2.24) is 0 Å². The number of halogens is 1. The minimum Gasteiger partial charge on any atom is -0.414 e. The molecule has 0 aromatic heterocycles. The Morgan fingerprint density at radius 1 is 1.07 bits per heavy atom. The lowest BCUT2D eigenvalue weighted by Gasteiger charge is -2.41. The van der Waals surface area contributed by atoms with Gasteiger partial charge in [-0.25, -0.2) is 0 Å². The van der Waals surface area contributed by atoms with Gasteiger partial charge in [-0.2, -0.15) is 0 Å². The Morgan fingerprint density at radius 2 is 1.64 bits per heavy atom. The fourth-order valence-electron chi connectivity index (χ4n) is 3.39. The lowest BCUT2D eigenvalue weighted by Crippen LogP contribution is -2.45. The monoisotopic (exact) mass is 462 g/mol. The molecule has 1 fully saturated rings. The van der Waals surface area contributed by atoms with E-state index in [4.69, 9.17) is 4.43 Å². The molecule has 2 nitrogen and oxygen atoms in total. The first kappa shape index (κ1) is 23.3. The normalized spacial score (nSPS) is 22.2. The number of rotatable bonds is 6. The van der Waals surface area contributed by atoms with E-state index >= 15 is 0 Å². The first-order valence-electron chi connectivity index (χ1n) is 10.3. The molecule has 4 heteroatoms. The highest BCUT2D eigenvalue weighted by atomic mass is 79.9. The van der Waals surface area contributed by atoms with Crippen LogP contribution in [0.25, 0.3) is 5.57 Å². The summed E-state index contributed by atoms with van der Waals surface area (Å²) in [4.78, 5) is 12.8. The summed E-state index contributed by atoms with van der Waals surface area (Å²) in [5.41, 5.74) is 2.18. The third-order valence-corrected chi connectivity index (χ3v) is 11.2. The van der Waals surface area contributed by atoms with Crippen LogP contribution in [0.2, 0.25) is 18.1 Å². The van der Waals surface area contributed by atoms with Crippen molar-refractivity contribution in [2.45, 2.75) is 77.6 Å². The van der Waals surface area contributed by atoms with Gasteiger partial charge in [0.15, 0.2) is 14.1 Å². The topological polar surface area (TPSA) is 26.3 Å². The Kier molecular flexibility index (Phi) is 8.06. The van der Waals surface area contributed by atoms with E-state index in [-0.39, 0.29) is 16.7 Å². The molecule has 1 saturated carbocycles. The molecule has 0 amide bonds. The summed E-state index contributed by atoms with van der Waals surface area (Å²) in [5, 5.41) is 0.232. The van der Waals surface area contributed by atoms with Gasteiger partial charge in [-0.1, -0.05) is 73.1 Å². The lowest BCUT2D eigenvalue weighted by molar-refractivity contribution is -0.119. The Balaban J connectivity index is 1.95. The van der Waals surface area contributed by atoms with Gasteiger partial charge in [0.2, 0.25) is 0 Å². The lowest BCUT2D eigenvalue weighted by atomic mass is 9.84. The van der Waals surface area contributed by atoms with Gasteiger partial charge >= 0.3 is 0 Å². The van der Waals surface area contributed by atoms with E-state index in [9.17, 15) is 4.79 Å². The molecule has 1 aliphatic rings. The molecule has 0 spiro atoms. The molecule has 0 heterocycles. The van der Waals surface area contributed by atoms with Gasteiger partial charge in [0.05, 0.1) is 0 Å². The quantitative estimate of drug-likeness (QED) is 0.248. The van der Waals surface area contributed by atoms with Crippen LogP contribution in [-0.4, -0.2) is 20.2 Å². The summed E-state index contributed by atoms with van der Waals surface area (Å²) < 4.78 is 7.59. The highest BCUT2D eigenvalue weighted by Gasteiger charge is 2.40. The summed E-state index contributed by atoms with van der Waals surface area (Å²) in [6.45, 7) is 13.5. The van der Waals surface area contributed by atoms with Crippen LogP contribution >= 0.6 is 15.9 Å². The number of hydrogen-bond donors (Lipinski definition) is 0. The number of allylic oxidation sites excluding steroid dienone is 4. The molecule has 28 heavy (non-hydrogen) atoms. The molecule has 154 valence electrons. The van der Waals surface area contributed by atoms with Gasteiger partial charge in [0.1, 0.15) is 0 Å². The Bertz CT molecular complexity index is 717. The van der Waals surface area contributed by atoms with Crippen molar-refractivity contribution < 1.29 is 9.22 Å². The molecule has 0 unspecified atom stereocenters. The molecule has 0 bridgehead atoms. The molecule has 0 N–H and O–H groups in total. The molecule has 0 radical (unpaired) electrons. The van der Waals surface area contributed by atoms with Crippen LogP contribution in [0.5, 0.6) is 0 Å². The number of hydrogen-bond acceptors (Lipinski definition) is 2. The minimum atomic E-state index is -1.73. The van der Waals surface area contributed by atoms with Crippen LogP contribution in [0.15, 0.2) is 47.0 Å². The number of carbonyl (C=O) groups is 1. The number of ketones is 1. The summed E-state index contributed by atoms with van der Waals surface area (Å²) in [6, 6.07) is 10.2. The minimum absolute atomic E-state index is 0.128. The number of carbonyl (C=O) groups excluding carboxylic acids is 1. The zero-order valence-corrected chi connectivity index (χ0v) is 20.8. The summed E-state index contributed by atoms with van der Waals surface area (Å²) in [6.07, 6.45) is 7.90. The molecular formula is C24H35BrO2Si. The first-order valence-corrected chi connectivity index (χ1v) is 14.0. The molecule has 0 saturated heterocycles. The van der Waals surface area contributed by atoms with E-state index in [2.05, 4.69) is 61.9 Å². The summed E-state index contributed by atoms with van der Waals surface area (Å²) >= 11 is 3.58. The van der Waals surface area contributed by atoms with E-state index in [1.165, 1.54) is 0 Å². The second-order valence-corrected chi connectivity index (χ2v) is 15.3. The predicted molar refractivity (Wildman–Crippen MR) is 126 cm³/mol. The van der Waals surface area contributed by atoms with Gasteiger partial charge in [0, 0.05) is 12.0 Å². The van der Waals surface area contributed by atoms with Crippen molar-refractivity contribution in [2.24, 2.45) is 5.92 Å². The fraction of sp³-hybridized carbons (Fsp3) is 0.542. The molecule has 2 rings (SSSR count). The van der Waals surface area contributed by atoms with Crippen molar-refractivity contribution in [2.75, 3.05) is 0 Å². The predicted octanol–water partition coefficient (Wildman–Crippen LogP) is 7.52. The third-order valence-electron chi connectivity index (χ3n) is 6.21. The maximum Gasteiger partial charge on any atom is 0.192 e. The van der Waals surface area contributed by atoms with Crippen molar-refractivity contribution in [3.05, 3.63) is 52.5 Å². The van der Waals surface area contributed by atoms with Gasteiger partial charge < -0.3 is 4.43 Å². The van der Waals surface area contributed by atoms with Gasteiger partial charge in [-0.3, -0.25) is 4.79 Å². The molecule has 1 aliphatic carbocycles. The van der Waals surface area contributed by atoms with Crippen LogP contribution in [0.3, 0.4) is 0 Å². The van der Waals surface area contributed by atoms with E-state index in [1.807, 2.05) is 31.2 Å². The van der Waals surface area contributed by atoms with Crippen LogP contribution in [0.4, 0.5) is 0 Å². The van der Waals surface area contributed by atoms with E-state index in [1.54, 1.807) is 6.08 Å². The maximum atomic E-state index is 12.8. The zero-order chi connectivity index (χ0) is 20.9. The average Bonchev–Trinajstić information content (AvgIpc) is 2.61. The van der Waals surface area contributed by atoms with Crippen molar-refractivity contribution in [1.29, 1.82) is 0 Å². The van der Waals surface area contributed by atoms with Crippen LogP contribution in [0.1, 0.15) is 58.9 Å². The van der Waals surface area contributed by atoms with Crippen LogP contribution < -0.4 is 0 Å². The molecule has 1 aromatic carbocycles. The maximum absolute atomic E-state index is 12.8. The van der Waals surface area contributed by atoms with Gasteiger partial charge in [-0.05, 0) is 72.4 Å². The largest absolute Gasteiger partial charge is 0.414 e. The zero-order valence-electron chi connectivity index (χ0n) is 18.2. The van der Waals surface area contributed by atoms with Crippen molar-refractivity contribution in [3.63, 3.8) is 0 Å². The third kappa shape index (κ3) is 6.26. The second-order valence-electron chi connectivity index (χ2n) is 9.40. The van der Waals surface area contributed by atoms with Crippen molar-refractivity contribution >= 4 is 35.6 Å². The molecule has 0 atom stereocenters. The smallest absolute Gasteiger partial charge is 0.192 e. The Hall–Kier alpha value is -0.973. The Morgan fingerprint density at radius 3 is 2.14 bits per heavy atom. The van der Waals surface area contributed by atoms with Gasteiger partial charge in [0.25, 0.3) is 0 Å². The van der Waals surface area contributed by atoms with Gasteiger partial charge in [-0.15, -0.1) is 0 Å². The first-order chi connectivity index (χ1) is 13.0. The SMILES string of the molecule is C/C(Br)=C(/C=C/C(=O)C1CCC(O[Si](C)(C)C(C)(C)C)CC1)c1ccccc1. The molecule has 0 aliphatic heterocycles. The molecular weight excluding hydrogens is 428 g/mol.